The van der Waals surface area contributed by atoms with Gasteiger partial charge in [0.15, 0.2) is 0 Å². The van der Waals surface area contributed by atoms with E-state index in [1.54, 1.807) is 0 Å². The van der Waals surface area contributed by atoms with Crippen LogP contribution in [0, 0.1) is 0 Å². The molecule has 1 unspecified atom stereocenters. The molecule has 0 spiro atoms. The van der Waals surface area contributed by atoms with E-state index < -0.39 is 6.17 Å². The molecule has 2 atom stereocenters. The molecule has 1 aliphatic rings. The molecule has 0 amide bonds. The third kappa shape index (κ3) is 1.42. The predicted molar refractivity (Wildman–Crippen MR) is 30.4 cm³/mol. The summed E-state index contributed by atoms with van der Waals surface area (Å²) in [5.41, 5.74) is 5.42. The molecule has 2 nitrogen and oxygen atoms in total. The highest BCUT2D eigenvalue weighted by Crippen LogP contribution is 2.03. The average molecular weight is 118 g/mol. The van der Waals surface area contributed by atoms with Gasteiger partial charge in [-0.25, -0.2) is 4.39 Å². The van der Waals surface area contributed by atoms with Crippen molar-refractivity contribution in [2.45, 2.75) is 18.6 Å². The number of piperidine rings is 1. The molecule has 0 aromatic carbocycles. The number of rotatable bonds is 0. The van der Waals surface area contributed by atoms with Crippen molar-refractivity contribution in [2.75, 3.05) is 13.1 Å². The first-order valence-corrected chi connectivity index (χ1v) is 2.89. The van der Waals surface area contributed by atoms with E-state index in [-0.39, 0.29) is 6.04 Å². The number of hydrogen-bond donors (Lipinski definition) is 2. The predicted octanol–water partition coefficient (Wildman–Crippen LogP) is -0.355. The Balaban J connectivity index is 2.23. The summed E-state index contributed by atoms with van der Waals surface area (Å²) in [6.45, 7) is 1.24. The van der Waals surface area contributed by atoms with Crippen molar-refractivity contribution < 1.29 is 4.39 Å². The molecule has 0 radical (unpaired) electrons. The van der Waals surface area contributed by atoms with Gasteiger partial charge < -0.3 is 11.1 Å². The van der Waals surface area contributed by atoms with E-state index in [4.69, 9.17) is 5.73 Å². The van der Waals surface area contributed by atoms with Gasteiger partial charge in [0.1, 0.15) is 6.17 Å². The van der Waals surface area contributed by atoms with Crippen LogP contribution in [0.15, 0.2) is 0 Å². The van der Waals surface area contributed by atoms with Crippen LogP contribution in [-0.4, -0.2) is 25.3 Å². The Bertz CT molecular complexity index is 68.8. The van der Waals surface area contributed by atoms with Crippen molar-refractivity contribution >= 4 is 0 Å². The second-order valence-corrected chi connectivity index (χ2v) is 2.25. The van der Waals surface area contributed by atoms with Crippen molar-refractivity contribution in [3.63, 3.8) is 0 Å². The maximum absolute atomic E-state index is 12.3. The van der Waals surface area contributed by atoms with E-state index in [1.807, 2.05) is 0 Å². The largest absolute Gasteiger partial charge is 0.326 e. The molecule has 0 aromatic heterocycles. The lowest BCUT2D eigenvalue weighted by molar-refractivity contribution is 0.248. The normalized spacial score (nSPS) is 39.8. The van der Waals surface area contributed by atoms with Gasteiger partial charge in [-0.15, -0.1) is 0 Å². The Morgan fingerprint density at radius 1 is 1.50 bits per heavy atom. The Morgan fingerprint density at radius 2 is 2.25 bits per heavy atom. The average Bonchev–Trinajstić information content (AvgIpc) is 1.64. The van der Waals surface area contributed by atoms with Crippen LogP contribution in [0.4, 0.5) is 4.39 Å². The summed E-state index contributed by atoms with van der Waals surface area (Å²) >= 11 is 0. The summed E-state index contributed by atoms with van der Waals surface area (Å²) in [5.74, 6) is 0. The summed E-state index contributed by atoms with van der Waals surface area (Å²) in [6.07, 6.45) is -0.203. The van der Waals surface area contributed by atoms with Crippen LogP contribution < -0.4 is 11.1 Å². The van der Waals surface area contributed by atoms with Crippen molar-refractivity contribution in [1.29, 1.82) is 0 Å². The zero-order chi connectivity index (χ0) is 5.98. The molecule has 3 N–H and O–H groups in total. The van der Waals surface area contributed by atoms with Gasteiger partial charge >= 0.3 is 0 Å². The SMILES string of the molecule is NC1CNC[C@H](F)C1. The third-order valence-corrected chi connectivity index (χ3v) is 1.33. The highest BCUT2D eigenvalue weighted by Gasteiger charge is 2.16. The van der Waals surface area contributed by atoms with E-state index in [0.717, 1.165) is 6.54 Å². The van der Waals surface area contributed by atoms with Crippen molar-refractivity contribution in [3.8, 4) is 0 Å². The van der Waals surface area contributed by atoms with Gasteiger partial charge in [0.2, 0.25) is 0 Å². The zero-order valence-corrected chi connectivity index (χ0v) is 4.73. The van der Waals surface area contributed by atoms with E-state index in [1.165, 1.54) is 0 Å². The summed E-state index contributed by atoms with van der Waals surface area (Å²) < 4.78 is 12.3. The smallest absolute Gasteiger partial charge is 0.114 e. The van der Waals surface area contributed by atoms with Crippen LogP contribution in [0.5, 0.6) is 0 Å². The molecule has 3 heteroatoms. The maximum Gasteiger partial charge on any atom is 0.114 e. The van der Waals surface area contributed by atoms with Gasteiger partial charge in [-0.2, -0.15) is 0 Å². The van der Waals surface area contributed by atoms with Crippen LogP contribution in [0.3, 0.4) is 0 Å². The number of nitrogens with two attached hydrogens (primary N) is 1. The monoisotopic (exact) mass is 118 g/mol. The molecule has 1 fully saturated rings. The fourth-order valence-electron chi connectivity index (χ4n) is 0.921. The minimum Gasteiger partial charge on any atom is -0.326 e. The van der Waals surface area contributed by atoms with E-state index in [0.29, 0.717) is 13.0 Å². The van der Waals surface area contributed by atoms with Gasteiger partial charge in [-0.05, 0) is 6.42 Å². The molecule has 0 bridgehead atoms. The molecule has 1 heterocycles. The first kappa shape index (κ1) is 5.98. The van der Waals surface area contributed by atoms with E-state index in [9.17, 15) is 4.39 Å². The van der Waals surface area contributed by atoms with Gasteiger partial charge in [-0.3, -0.25) is 0 Å². The lowest BCUT2D eigenvalue weighted by Crippen LogP contribution is -2.44. The summed E-state index contributed by atoms with van der Waals surface area (Å²) in [7, 11) is 0. The standard InChI is InChI=1S/C5H11FN2/c6-4-1-5(7)3-8-2-4/h4-5,8H,1-3,7H2/t4-,5?/m1/s1. The number of nitrogens with one attached hydrogen (secondary N) is 1. The Hall–Kier alpha value is -0.150. The second kappa shape index (κ2) is 2.42. The Kier molecular flexibility index (Phi) is 1.81. The number of hydrogen-bond acceptors (Lipinski definition) is 2. The molecule has 0 aromatic rings. The molecule has 48 valence electrons. The fourth-order valence-corrected chi connectivity index (χ4v) is 0.921. The first-order valence-electron chi connectivity index (χ1n) is 2.89. The summed E-state index contributed by atoms with van der Waals surface area (Å²) in [5, 5.41) is 2.88. The zero-order valence-electron chi connectivity index (χ0n) is 4.73. The van der Waals surface area contributed by atoms with E-state index in [2.05, 4.69) is 5.32 Å². The van der Waals surface area contributed by atoms with Gasteiger partial charge in [-0.1, -0.05) is 0 Å². The molecular formula is C5H11FN2. The summed E-state index contributed by atoms with van der Waals surface area (Å²) in [6, 6.07) is 0.0266. The second-order valence-electron chi connectivity index (χ2n) is 2.25. The van der Waals surface area contributed by atoms with Crippen LogP contribution >= 0.6 is 0 Å². The van der Waals surface area contributed by atoms with Crippen molar-refractivity contribution in [1.82, 2.24) is 5.32 Å². The minimum atomic E-state index is -0.723. The topological polar surface area (TPSA) is 38.0 Å². The third-order valence-electron chi connectivity index (χ3n) is 1.33. The van der Waals surface area contributed by atoms with Crippen molar-refractivity contribution in [3.05, 3.63) is 0 Å². The van der Waals surface area contributed by atoms with Crippen LogP contribution in [0.2, 0.25) is 0 Å². The maximum atomic E-state index is 12.3. The van der Waals surface area contributed by atoms with Gasteiger partial charge in [0.05, 0.1) is 0 Å². The number of halogens is 1. The van der Waals surface area contributed by atoms with Crippen molar-refractivity contribution in [2.24, 2.45) is 5.73 Å². The highest BCUT2D eigenvalue weighted by atomic mass is 19.1. The Morgan fingerprint density at radius 3 is 2.62 bits per heavy atom. The highest BCUT2D eigenvalue weighted by molar-refractivity contribution is 4.77. The molecule has 0 aliphatic carbocycles. The van der Waals surface area contributed by atoms with Gasteiger partial charge in [0.25, 0.3) is 0 Å². The lowest BCUT2D eigenvalue weighted by atomic mass is 10.1. The molecule has 8 heavy (non-hydrogen) atoms. The van der Waals surface area contributed by atoms with Crippen LogP contribution in [0.25, 0.3) is 0 Å². The molecule has 1 aliphatic heterocycles. The molecule has 1 saturated heterocycles. The number of alkyl halides is 1. The lowest BCUT2D eigenvalue weighted by Gasteiger charge is -2.21. The van der Waals surface area contributed by atoms with Crippen LogP contribution in [0.1, 0.15) is 6.42 Å². The molecule has 0 saturated carbocycles. The molecule has 1 rings (SSSR count). The van der Waals surface area contributed by atoms with E-state index >= 15 is 0 Å². The Labute approximate surface area is 48.2 Å². The minimum absolute atomic E-state index is 0.0266. The summed E-state index contributed by atoms with van der Waals surface area (Å²) in [4.78, 5) is 0. The van der Waals surface area contributed by atoms with Crippen LogP contribution in [-0.2, 0) is 0 Å². The first-order chi connectivity index (χ1) is 3.79. The van der Waals surface area contributed by atoms with Gasteiger partial charge in [0, 0.05) is 19.1 Å². The quantitative estimate of drug-likeness (QED) is 0.456. The fraction of sp³-hybridized carbons (Fsp3) is 1.00. The molecular weight excluding hydrogens is 107 g/mol.